The Hall–Kier alpha value is -3.41. The number of carbonyl (C=O) groups is 1. The number of benzene rings is 2. The molecule has 1 fully saturated rings. The number of anilines is 1. The SMILES string of the molecule is Cc1nnnn1/C(=C\c1ccccc1)C(=O)Nc1cccc(S(=O)(=O)N2CCOCC2)c1. The molecule has 11 heteroatoms. The first-order valence-electron chi connectivity index (χ1n) is 9.96. The standard InChI is InChI=1S/C21H22N6O4S/c1-16-23-24-25-27(16)20(14-17-6-3-2-4-7-17)21(28)22-18-8-5-9-19(15-18)32(29,30)26-10-12-31-13-11-26/h2-9,14-15H,10-13H2,1H3,(H,22,28)/b20-14-. The molecule has 0 spiro atoms. The van der Waals surface area contributed by atoms with Gasteiger partial charge in [-0.2, -0.15) is 8.99 Å². The lowest BCUT2D eigenvalue weighted by Crippen LogP contribution is -2.40. The van der Waals surface area contributed by atoms with Gasteiger partial charge < -0.3 is 10.1 Å². The molecule has 4 rings (SSSR count). The zero-order valence-corrected chi connectivity index (χ0v) is 18.2. The van der Waals surface area contributed by atoms with E-state index in [1.165, 1.54) is 21.1 Å². The third kappa shape index (κ3) is 4.74. The number of carbonyl (C=O) groups excluding carboxylic acids is 1. The molecule has 10 nitrogen and oxygen atoms in total. The maximum Gasteiger partial charge on any atom is 0.274 e. The number of nitrogens with one attached hydrogen (secondary N) is 1. The van der Waals surface area contributed by atoms with Crippen LogP contribution in [0.25, 0.3) is 11.8 Å². The molecular formula is C21H22N6O4S. The molecule has 0 radical (unpaired) electrons. The van der Waals surface area contributed by atoms with Crippen molar-refractivity contribution < 1.29 is 17.9 Å². The molecule has 166 valence electrons. The summed E-state index contributed by atoms with van der Waals surface area (Å²) in [4.78, 5) is 13.3. The molecule has 3 aromatic rings. The van der Waals surface area contributed by atoms with Gasteiger partial charge in [0.15, 0.2) is 5.82 Å². The molecule has 1 aliphatic rings. The molecule has 2 heterocycles. The van der Waals surface area contributed by atoms with Crippen molar-refractivity contribution in [2.75, 3.05) is 31.6 Å². The fourth-order valence-electron chi connectivity index (χ4n) is 3.25. The van der Waals surface area contributed by atoms with Crippen molar-refractivity contribution in [2.24, 2.45) is 0 Å². The minimum Gasteiger partial charge on any atom is -0.379 e. The Morgan fingerprint density at radius 3 is 2.53 bits per heavy atom. The summed E-state index contributed by atoms with van der Waals surface area (Å²) in [6, 6.07) is 15.4. The monoisotopic (exact) mass is 454 g/mol. The minimum absolute atomic E-state index is 0.101. The highest BCUT2D eigenvalue weighted by atomic mass is 32.2. The van der Waals surface area contributed by atoms with Crippen LogP contribution in [-0.2, 0) is 19.6 Å². The smallest absolute Gasteiger partial charge is 0.274 e. The normalized spacial score (nSPS) is 15.5. The van der Waals surface area contributed by atoms with Crippen LogP contribution in [0.5, 0.6) is 0 Å². The molecule has 0 saturated carbocycles. The average molecular weight is 455 g/mol. The van der Waals surface area contributed by atoms with E-state index < -0.39 is 15.9 Å². The molecule has 1 saturated heterocycles. The highest BCUT2D eigenvalue weighted by Crippen LogP contribution is 2.22. The Morgan fingerprint density at radius 1 is 1.09 bits per heavy atom. The lowest BCUT2D eigenvalue weighted by Gasteiger charge is -2.26. The van der Waals surface area contributed by atoms with Crippen molar-refractivity contribution in [2.45, 2.75) is 11.8 Å². The summed E-state index contributed by atoms with van der Waals surface area (Å²) >= 11 is 0. The molecule has 1 aliphatic heterocycles. The lowest BCUT2D eigenvalue weighted by molar-refractivity contribution is -0.111. The second-order valence-corrected chi connectivity index (χ2v) is 9.01. The maximum absolute atomic E-state index is 13.2. The number of amides is 1. The highest BCUT2D eigenvalue weighted by molar-refractivity contribution is 7.89. The van der Waals surface area contributed by atoms with Crippen molar-refractivity contribution in [3.63, 3.8) is 0 Å². The Balaban J connectivity index is 1.62. The van der Waals surface area contributed by atoms with E-state index in [2.05, 4.69) is 20.8 Å². The predicted molar refractivity (Wildman–Crippen MR) is 118 cm³/mol. The number of nitrogens with zero attached hydrogens (tertiary/aromatic N) is 5. The quantitative estimate of drug-likeness (QED) is 0.562. The molecule has 1 N–H and O–H groups in total. The van der Waals surface area contributed by atoms with E-state index in [4.69, 9.17) is 4.74 Å². The summed E-state index contributed by atoms with van der Waals surface area (Å²) in [5, 5.41) is 14.1. The van der Waals surface area contributed by atoms with E-state index in [9.17, 15) is 13.2 Å². The van der Waals surface area contributed by atoms with Crippen molar-refractivity contribution >= 4 is 33.4 Å². The van der Waals surface area contributed by atoms with Crippen molar-refractivity contribution in [3.8, 4) is 0 Å². The Bertz CT molecular complexity index is 1230. The van der Waals surface area contributed by atoms with E-state index in [1.807, 2.05) is 30.3 Å². The zero-order chi connectivity index (χ0) is 22.6. The number of hydrogen-bond donors (Lipinski definition) is 1. The van der Waals surface area contributed by atoms with E-state index in [-0.39, 0.29) is 10.6 Å². The number of morpholine rings is 1. The lowest BCUT2D eigenvalue weighted by atomic mass is 10.2. The second kappa shape index (κ2) is 9.39. The van der Waals surface area contributed by atoms with Gasteiger partial charge in [0.25, 0.3) is 5.91 Å². The van der Waals surface area contributed by atoms with Crippen LogP contribution >= 0.6 is 0 Å². The van der Waals surface area contributed by atoms with Gasteiger partial charge in [0.1, 0.15) is 5.70 Å². The summed E-state index contributed by atoms with van der Waals surface area (Å²) < 4.78 is 33.8. The summed E-state index contributed by atoms with van der Waals surface area (Å²) in [5.41, 5.74) is 1.32. The topological polar surface area (TPSA) is 119 Å². The van der Waals surface area contributed by atoms with Gasteiger partial charge in [-0.1, -0.05) is 36.4 Å². The van der Waals surface area contributed by atoms with Crippen LogP contribution in [0.15, 0.2) is 59.5 Å². The molecule has 0 atom stereocenters. The van der Waals surface area contributed by atoms with Gasteiger partial charge in [0.05, 0.1) is 18.1 Å². The molecule has 0 aliphatic carbocycles. The third-order valence-corrected chi connectivity index (χ3v) is 6.78. The Morgan fingerprint density at radius 2 is 1.84 bits per heavy atom. The van der Waals surface area contributed by atoms with Gasteiger partial charge in [-0.3, -0.25) is 4.79 Å². The van der Waals surface area contributed by atoms with Crippen molar-refractivity contribution in [3.05, 3.63) is 66.0 Å². The van der Waals surface area contributed by atoms with Gasteiger partial charge >= 0.3 is 0 Å². The molecular weight excluding hydrogens is 432 g/mol. The second-order valence-electron chi connectivity index (χ2n) is 7.08. The Labute approximate surface area is 185 Å². The fraction of sp³-hybridized carbons (Fsp3) is 0.238. The van der Waals surface area contributed by atoms with Gasteiger partial charge in [0.2, 0.25) is 10.0 Å². The molecule has 2 aromatic carbocycles. The van der Waals surface area contributed by atoms with E-state index in [0.717, 1.165) is 5.56 Å². The summed E-state index contributed by atoms with van der Waals surface area (Å²) in [6.45, 7) is 2.98. The van der Waals surface area contributed by atoms with Crippen molar-refractivity contribution in [1.82, 2.24) is 24.5 Å². The van der Waals surface area contributed by atoms with E-state index >= 15 is 0 Å². The zero-order valence-electron chi connectivity index (χ0n) is 17.4. The van der Waals surface area contributed by atoms with Crippen LogP contribution in [0.1, 0.15) is 11.4 Å². The van der Waals surface area contributed by atoms with Crippen LogP contribution in [0.3, 0.4) is 0 Å². The number of ether oxygens (including phenoxy) is 1. The molecule has 0 unspecified atom stereocenters. The van der Waals surface area contributed by atoms with Crippen LogP contribution in [-0.4, -0.2) is 65.1 Å². The third-order valence-electron chi connectivity index (χ3n) is 4.89. The number of tetrazole rings is 1. The average Bonchev–Trinajstić information content (AvgIpc) is 3.24. The number of rotatable bonds is 6. The van der Waals surface area contributed by atoms with Crippen molar-refractivity contribution in [1.29, 1.82) is 0 Å². The first-order chi connectivity index (χ1) is 15.4. The minimum atomic E-state index is -3.69. The number of aryl methyl sites for hydroxylation is 1. The molecule has 1 aromatic heterocycles. The van der Waals surface area contributed by atoms with Crippen LogP contribution in [0.4, 0.5) is 5.69 Å². The number of aromatic nitrogens is 4. The molecule has 32 heavy (non-hydrogen) atoms. The largest absolute Gasteiger partial charge is 0.379 e. The number of sulfonamides is 1. The van der Waals surface area contributed by atoms with Crippen LogP contribution < -0.4 is 5.32 Å². The summed E-state index contributed by atoms with van der Waals surface area (Å²) in [6.07, 6.45) is 1.66. The fourth-order valence-corrected chi connectivity index (χ4v) is 4.70. The molecule has 0 bridgehead atoms. The van der Waals surface area contributed by atoms with Gasteiger partial charge in [0, 0.05) is 18.8 Å². The summed E-state index contributed by atoms with van der Waals surface area (Å²) in [5.74, 6) is -0.0452. The van der Waals surface area contributed by atoms with Gasteiger partial charge in [-0.25, -0.2) is 8.42 Å². The summed E-state index contributed by atoms with van der Waals surface area (Å²) in [7, 11) is -3.69. The number of hydrogen-bond acceptors (Lipinski definition) is 7. The van der Waals surface area contributed by atoms with Crippen LogP contribution in [0.2, 0.25) is 0 Å². The maximum atomic E-state index is 13.2. The van der Waals surface area contributed by atoms with E-state index in [0.29, 0.717) is 37.8 Å². The first-order valence-corrected chi connectivity index (χ1v) is 11.4. The Kier molecular flexibility index (Phi) is 6.40. The van der Waals surface area contributed by atoms with E-state index in [1.54, 1.807) is 25.1 Å². The van der Waals surface area contributed by atoms with Gasteiger partial charge in [-0.15, -0.1) is 5.10 Å². The first kappa shape index (κ1) is 21.8. The van der Waals surface area contributed by atoms with Gasteiger partial charge in [-0.05, 0) is 47.2 Å². The van der Waals surface area contributed by atoms with Crippen LogP contribution in [0, 0.1) is 6.92 Å². The highest BCUT2D eigenvalue weighted by Gasteiger charge is 2.26. The molecule has 1 amide bonds. The predicted octanol–water partition coefficient (Wildman–Crippen LogP) is 1.64.